The molecule has 34 heavy (non-hydrogen) atoms. The number of nitrogens with zero attached hydrogens (tertiary/aromatic N) is 2. The van der Waals surface area contributed by atoms with Crippen LogP contribution in [0.2, 0.25) is 5.02 Å². The molecule has 1 atom stereocenters. The Morgan fingerprint density at radius 1 is 1.09 bits per heavy atom. The van der Waals surface area contributed by atoms with Crippen molar-refractivity contribution in [2.45, 2.75) is 60.5 Å². The average Bonchev–Trinajstić information content (AvgIpc) is 3.07. The number of ketones is 1. The summed E-state index contributed by atoms with van der Waals surface area (Å²) in [5.74, 6) is -1.01. The molecule has 0 radical (unpaired) electrons. The van der Waals surface area contributed by atoms with Crippen molar-refractivity contribution in [2.75, 3.05) is 26.4 Å². The van der Waals surface area contributed by atoms with Gasteiger partial charge in [0.1, 0.15) is 5.69 Å². The molecule has 0 saturated carbocycles. The van der Waals surface area contributed by atoms with Crippen LogP contribution in [0, 0.1) is 13.8 Å². The Kier molecular flexibility index (Phi) is 10.3. The number of benzene rings is 1. The van der Waals surface area contributed by atoms with E-state index in [1.165, 1.54) is 4.90 Å². The van der Waals surface area contributed by atoms with Crippen LogP contribution in [0.5, 0.6) is 0 Å². The molecule has 0 aliphatic rings. The van der Waals surface area contributed by atoms with E-state index in [0.29, 0.717) is 65.8 Å². The predicted molar refractivity (Wildman–Crippen MR) is 133 cm³/mol. The van der Waals surface area contributed by atoms with Gasteiger partial charge in [0.25, 0.3) is 5.91 Å². The van der Waals surface area contributed by atoms with Gasteiger partial charge in [-0.05, 0) is 65.7 Å². The van der Waals surface area contributed by atoms with E-state index in [0.717, 1.165) is 0 Å². The molecule has 0 saturated heterocycles. The lowest BCUT2D eigenvalue weighted by atomic mass is 9.99. The van der Waals surface area contributed by atoms with Gasteiger partial charge >= 0.3 is 5.97 Å². The number of hydrogen-bond acceptors (Lipinski definition) is 5. The van der Waals surface area contributed by atoms with Gasteiger partial charge in [-0.3, -0.25) is 9.59 Å². The van der Waals surface area contributed by atoms with E-state index in [9.17, 15) is 14.4 Å². The highest BCUT2D eigenvalue weighted by Gasteiger charge is 2.33. The molecule has 2 aromatic rings. The Labute approximate surface area is 207 Å². The number of ether oxygens (including phenoxy) is 2. The van der Waals surface area contributed by atoms with Gasteiger partial charge < -0.3 is 18.9 Å². The molecule has 0 spiro atoms. The number of carbonyl (C=O) groups is 3. The molecule has 7 nitrogen and oxygen atoms in total. The minimum absolute atomic E-state index is 0.232. The van der Waals surface area contributed by atoms with Gasteiger partial charge in [0.2, 0.25) is 0 Å². The van der Waals surface area contributed by atoms with Crippen molar-refractivity contribution in [1.82, 2.24) is 9.47 Å². The summed E-state index contributed by atoms with van der Waals surface area (Å²) in [6.07, 6.45) is 0.573. The van der Waals surface area contributed by atoms with Gasteiger partial charge in [-0.25, -0.2) is 4.79 Å². The lowest BCUT2D eigenvalue weighted by Gasteiger charge is -2.29. The van der Waals surface area contributed by atoms with Gasteiger partial charge in [0.15, 0.2) is 5.78 Å². The quantitative estimate of drug-likeness (QED) is 0.235. The number of rotatable bonds is 12. The molecule has 0 aliphatic carbocycles. The summed E-state index contributed by atoms with van der Waals surface area (Å²) in [5.41, 5.74) is 2.40. The predicted octanol–water partition coefficient (Wildman–Crippen LogP) is 5.10. The SMILES string of the molecule is CCOCCCN(C(=O)c1ccccc1Cl)[C@@H](C)C(=O)c1c(C)c(C(=O)OCC)n(CC)c1C. The molecule has 0 fully saturated rings. The Hall–Kier alpha value is -2.64. The standard InChI is InChI=1S/C26H35ClN2O5/c1-7-28-18(5)22(17(4)23(28)26(32)34-9-3)24(30)19(6)29(15-12-16-33-8-2)25(31)20-13-10-11-14-21(20)27/h10-11,13-14,19H,7-9,12,15-16H2,1-6H3/t19-/m0/s1. The minimum Gasteiger partial charge on any atom is -0.461 e. The van der Waals surface area contributed by atoms with Crippen LogP contribution in [-0.2, 0) is 16.0 Å². The summed E-state index contributed by atoms with van der Waals surface area (Å²) in [6, 6.07) is 6.03. The Morgan fingerprint density at radius 3 is 2.35 bits per heavy atom. The summed E-state index contributed by atoms with van der Waals surface area (Å²) < 4.78 is 12.5. The van der Waals surface area contributed by atoms with E-state index in [2.05, 4.69) is 0 Å². The molecule has 2 rings (SSSR count). The molecule has 1 heterocycles. The first-order valence-electron chi connectivity index (χ1n) is 11.7. The van der Waals surface area contributed by atoms with Crippen LogP contribution in [-0.4, -0.2) is 59.5 Å². The van der Waals surface area contributed by atoms with Crippen molar-refractivity contribution in [1.29, 1.82) is 0 Å². The zero-order valence-electron chi connectivity index (χ0n) is 20.9. The molecule has 0 bridgehead atoms. The highest BCUT2D eigenvalue weighted by atomic mass is 35.5. The smallest absolute Gasteiger partial charge is 0.355 e. The molecule has 0 N–H and O–H groups in total. The molecular weight excluding hydrogens is 456 g/mol. The third kappa shape index (κ3) is 5.88. The number of esters is 1. The van der Waals surface area contributed by atoms with Gasteiger partial charge in [-0.2, -0.15) is 0 Å². The van der Waals surface area contributed by atoms with Crippen LogP contribution in [0.4, 0.5) is 0 Å². The molecule has 8 heteroatoms. The van der Waals surface area contributed by atoms with E-state index in [4.69, 9.17) is 21.1 Å². The zero-order chi connectivity index (χ0) is 25.4. The zero-order valence-corrected chi connectivity index (χ0v) is 21.7. The van der Waals surface area contributed by atoms with Crippen LogP contribution >= 0.6 is 11.6 Å². The first-order valence-corrected chi connectivity index (χ1v) is 12.1. The molecular formula is C26H35ClN2O5. The van der Waals surface area contributed by atoms with Crippen molar-refractivity contribution in [3.8, 4) is 0 Å². The summed E-state index contributed by atoms with van der Waals surface area (Å²) in [7, 11) is 0. The normalized spacial score (nSPS) is 11.9. The number of carbonyl (C=O) groups excluding carboxylic acids is 3. The van der Waals surface area contributed by atoms with E-state index in [1.54, 1.807) is 49.6 Å². The van der Waals surface area contributed by atoms with Crippen molar-refractivity contribution in [3.05, 3.63) is 57.4 Å². The summed E-state index contributed by atoms with van der Waals surface area (Å²) in [4.78, 5) is 41.4. The monoisotopic (exact) mass is 490 g/mol. The van der Waals surface area contributed by atoms with Crippen LogP contribution in [0.1, 0.15) is 76.6 Å². The van der Waals surface area contributed by atoms with E-state index in [-0.39, 0.29) is 18.3 Å². The van der Waals surface area contributed by atoms with Crippen molar-refractivity contribution in [3.63, 3.8) is 0 Å². The first kappa shape index (κ1) is 27.6. The highest BCUT2D eigenvalue weighted by molar-refractivity contribution is 6.33. The number of aromatic nitrogens is 1. The fraction of sp³-hybridized carbons (Fsp3) is 0.500. The maximum absolute atomic E-state index is 13.8. The number of Topliss-reactive ketones (excluding diaryl/α,β-unsaturated/α-hetero) is 1. The van der Waals surface area contributed by atoms with Gasteiger partial charge in [-0.1, -0.05) is 23.7 Å². The number of hydrogen-bond donors (Lipinski definition) is 0. The molecule has 1 amide bonds. The van der Waals surface area contributed by atoms with E-state index < -0.39 is 12.0 Å². The van der Waals surface area contributed by atoms with E-state index >= 15 is 0 Å². The highest BCUT2D eigenvalue weighted by Crippen LogP contribution is 2.27. The van der Waals surface area contributed by atoms with Crippen LogP contribution in [0.25, 0.3) is 0 Å². The molecule has 0 unspecified atom stereocenters. The minimum atomic E-state index is -0.773. The largest absolute Gasteiger partial charge is 0.461 e. The second-order valence-electron chi connectivity index (χ2n) is 7.97. The number of amides is 1. The van der Waals surface area contributed by atoms with Gasteiger partial charge in [0, 0.05) is 37.6 Å². The summed E-state index contributed by atoms with van der Waals surface area (Å²) in [6.45, 7) is 13.0. The Balaban J connectivity index is 2.47. The number of halogens is 1. The van der Waals surface area contributed by atoms with Crippen molar-refractivity contribution in [2.24, 2.45) is 0 Å². The van der Waals surface area contributed by atoms with Gasteiger partial charge in [-0.15, -0.1) is 0 Å². The van der Waals surface area contributed by atoms with E-state index in [1.807, 2.05) is 20.8 Å². The topological polar surface area (TPSA) is 77.8 Å². The van der Waals surface area contributed by atoms with Crippen LogP contribution in [0.15, 0.2) is 24.3 Å². The second kappa shape index (κ2) is 12.7. The molecule has 1 aromatic heterocycles. The molecule has 1 aromatic carbocycles. The van der Waals surface area contributed by atoms with Gasteiger partial charge in [0.05, 0.1) is 23.2 Å². The van der Waals surface area contributed by atoms with Crippen molar-refractivity contribution < 1.29 is 23.9 Å². The molecule has 0 aliphatic heterocycles. The third-order valence-electron chi connectivity index (χ3n) is 5.90. The third-order valence-corrected chi connectivity index (χ3v) is 6.23. The first-order chi connectivity index (χ1) is 16.2. The fourth-order valence-electron chi connectivity index (χ4n) is 4.21. The maximum atomic E-state index is 13.8. The van der Waals surface area contributed by atoms with Crippen LogP contribution in [0.3, 0.4) is 0 Å². The summed E-state index contributed by atoms with van der Waals surface area (Å²) in [5, 5.41) is 0.330. The molecule has 186 valence electrons. The average molecular weight is 491 g/mol. The fourth-order valence-corrected chi connectivity index (χ4v) is 4.42. The maximum Gasteiger partial charge on any atom is 0.355 e. The lowest BCUT2D eigenvalue weighted by molar-refractivity contribution is 0.0512. The Bertz CT molecular complexity index is 1030. The second-order valence-corrected chi connectivity index (χ2v) is 8.38. The summed E-state index contributed by atoms with van der Waals surface area (Å²) >= 11 is 6.29. The Morgan fingerprint density at radius 2 is 1.76 bits per heavy atom. The van der Waals surface area contributed by atoms with Crippen molar-refractivity contribution >= 4 is 29.3 Å². The lowest BCUT2D eigenvalue weighted by Crippen LogP contribution is -2.44. The van der Waals surface area contributed by atoms with Crippen LogP contribution < -0.4 is 0 Å².